The summed E-state index contributed by atoms with van der Waals surface area (Å²) < 4.78 is 0. The van der Waals surface area contributed by atoms with Gasteiger partial charge in [0.1, 0.15) is 17.2 Å². The van der Waals surface area contributed by atoms with Crippen LogP contribution in [0.3, 0.4) is 0 Å². The number of hydrogen-bond acceptors (Lipinski definition) is 4. The average Bonchev–Trinajstić information content (AvgIpc) is 2.86. The predicted octanol–water partition coefficient (Wildman–Crippen LogP) is 3.58. The van der Waals surface area contributed by atoms with E-state index in [4.69, 9.17) is 0 Å². The van der Waals surface area contributed by atoms with Gasteiger partial charge in [0.15, 0.2) is 0 Å². The Morgan fingerprint density at radius 1 is 1.35 bits per heavy atom. The molecule has 1 aliphatic rings. The Kier molecular flexibility index (Phi) is 4.26. The summed E-state index contributed by atoms with van der Waals surface area (Å²) in [5.41, 5.74) is 0.504. The fraction of sp³-hybridized carbons (Fsp3) is 0.692. The van der Waals surface area contributed by atoms with Crippen molar-refractivity contribution in [3.8, 4) is 0 Å². The van der Waals surface area contributed by atoms with Gasteiger partial charge in [-0.3, -0.25) is 0 Å². The molecule has 94 valence electrons. The van der Waals surface area contributed by atoms with Crippen molar-refractivity contribution in [3.63, 3.8) is 0 Å². The van der Waals surface area contributed by atoms with Crippen molar-refractivity contribution in [3.05, 3.63) is 12.4 Å². The van der Waals surface area contributed by atoms with E-state index in [0.717, 1.165) is 17.4 Å². The van der Waals surface area contributed by atoms with Crippen LogP contribution in [0.25, 0.3) is 0 Å². The van der Waals surface area contributed by atoms with E-state index in [-0.39, 0.29) is 0 Å². The minimum Gasteiger partial charge on any atom is -0.369 e. The number of hydrogen-bond donors (Lipinski definition) is 1. The number of thioether (sulfide) groups is 1. The maximum absolute atomic E-state index is 4.28. The normalized spacial score (nSPS) is 18.2. The van der Waals surface area contributed by atoms with Crippen LogP contribution in [0.4, 0.5) is 5.82 Å². The molecule has 0 spiro atoms. The molecule has 1 aliphatic carbocycles. The van der Waals surface area contributed by atoms with E-state index < -0.39 is 0 Å². The first-order valence-corrected chi connectivity index (χ1v) is 7.60. The molecule has 1 fully saturated rings. The van der Waals surface area contributed by atoms with Crippen molar-refractivity contribution < 1.29 is 0 Å². The minimum atomic E-state index is 0.504. The summed E-state index contributed by atoms with van der Waals surface area (Å²) in [7, 11) is 0. The molecule has 17 heavy (non-hydrogen) atoms. The first-order valence-electron chi connectivity index (χ1n) is 6.38. The van der Waals surface area contributed by atoms with E-state index in [0.29, 0.717) is 5.41 Å². The second-order valence-corrected chi connectivity index (χ2v) is 5.69. The molecular formula is C13H21N3S. The number of nitrogens with one attached hydrogen (secondary N) is 1. The predicted molar refractivity (Wildman–Crippen MR) is 73.5 cm³/mol. The molecule has 1 N–H and O–H groups in total. The molecule has 0 saturated heterocycles. The standard InChI is InChI=1S/C13H21N3S/c1-3-13(6-4-5-7-13)9-14-11-8-12(17-2)16-10-15-11/h8,10H,3-7,9H2,1-2H3,(H,14,15,16). The lowest BCUT2D eigenvalue weighted by Crippen LogP contribution is -2.26. The highest BCUT2D eigenvalue weighted by Gasteiger charge is 2.31. The van der Waals surface area contributed by atoms with Crippen LogP contribution in [0.2, 0.25) is 0 Å². The summed E-state index contributed by atoms with van der Waals surface area (Å²) in [6.45, 7) is 3.36. The Morgan fingerprint density at radius 3 is 2.76 bits per heavy atom. The molecule has 2 rings (SSSR count). The second-order valence-electron chi connectivity index (χ2n) is 4.86. The zero-order valence-corrected chi connectivity index (χ0v) is 11.5. The zero-order valence-electron chi connectivity index (χ0n) is 10.7. The Labute approximate surface area is 108 Å². The number of anilines is 1. The summed E-state index contributed by atoms with van der Waals surface area (Å²) in [6, 6.07) is 2.03. The quantitative estimate of drug-likeness (QED) is 0.641. The third kappa shape index (κ3) is 3.12. The van der Waals surface area contributed by atoms with Crippen LogP contribution in [0.1, 0.15) is 39.0 Å². The van der Waals surface area contributed by atoms with Gasteiger partial charge in [-0.15, -0.1) is 11.8 Å². The van der Waals surface area contributed by atoms with Crippen molar-refractivity contribution >= 4 is 17.6 Å². The monoisotopic (exact) mass is 251 g/mol. The molecular weight excluding hydrogens is 230 g/mol. The zero-order chi connectivity index (χ0) is 12.1. The summed E-state index contributed by atoms with van der Waals surface area (Å²) in [6.07, 6.45) is 10.4. The highest BCUT2D eigenvalue weighted by molar-refractivity contribution is 7.98. The summed E-state index contributed by atoms with van der Waals surface area (Å²) >= 11 is 1.65. The van der Waals surface area contributed by atoms with Gasteiger partial charge in [-0.1, -0.05) is 19.8 Å². The minimum absolute atomic E-state index is 0.504. The van der Waals surface area contributed by atoms with Crippen LogP contribution in [0, 0.1) is 5.41 Å². The van der Waals surface area contributed by atoms with Gasteiger partial charge in [0.25, 0.3) is 0 Å². The van der Waals surface area contributed by atoms with Gasteiger partial charge >= 0.3 is 0 Å². The Morgan fingerprint density at radius 2 is 2.12 bits per heavy atom. The summed E-state index contributed by atoms with van der Waals surface area (Å²) in [5, 5.41) is 4.52. The van der Waals surface area contributed by atoms with Gasteiger partial charge in [-0.2, -0.15) is 0 Å². The molecule has 1 saturated carbocycles. The first-order chi connectivity index (χ1) is 8.28. The van der Waals surface area contributed by atoms with E-state index in [9.17, 15) is 0 Å². The lowest BCUT2D eigenvalue weighted by molar-refractivity contribution is 0.306. The van der Waals surface area contributed by atoms with E-state index >= 15 is 0 Å². The summed E-state index contributed by atoms with van der Waals surface area (Å²) in [4.78, 5) is 8.47. The van der Waals surface area contributed by atoms with Gasteiger partial charge in [0, 0.05) is 12.6 Å². The van der Waals surface area contributed by atoms with Crippen LogP contribution < -0.4 is 5.32 Å². The molecule has 3 nitrogen and oxygen atoms in total. The van der Waals surface area contributed by atoms with Crippen molar-refractivity contribution in [1.82, 2.24) is 9.97 Å². The van der Waals surface area contributed by atoms with Crippen molar-refractivity contribution in [2.45, 2.75) is 44.1 Å². The van der Waals surface area contributed by atoms with Gasteiger partial charge in [0.2, 0.25) is 0 Å². The molecule has 1 aromatic rings. The van der Waals surface area contributed by atoms with E-state index in [1.807, 2.05) is 12.3 Å². The highest BCUT2D eigenvalue weighted by atomic mass is 32.2. The van der Waals surface area contributed by atoms with Crippen LogP contribution in [-0.4, -0.2) is 22.8 Å². The van der Waals surface area contributed by atoms with Crippen molar-refractivity contribution in [2.75, 3.05) is 18.1 Å². The molecule has 4 heteroatoms. The van der Waals surface area contributed by atoms with Crippen LogP contribution in [-0.2, 0) is 0 Å². The van der Waals surface area contributed by atoms with Gasteiger partial charge in [-0.25, -0.2) is 9.97 Å². The molecule has 0 atom stereocenters. The van der Waals surface area contributed by atoms with Gasteiger partial charge < -0.3 is 5.32 Å². The van der Waals surface area contributed by atoms with Gasteiger partial charge in [0.05, 0.1) is 0 Å². The SMILES string of the molecule is CCC1(CNc2cc(SC)ncn2)CCCC1. The molecule has 0 unspecified atom stereocenters. The third-order valence-corrected chi connectivity index (χ3v) is 4.55. The smallest absolute Gasteiger partial charge is 0.130 e. The topological polar surface area (TPSA) is 37.8 Å². The number of aromatic nitrogens is 2. The maximum Gasteiger partial charge on any atom is 0.130 e. The second kappa shape index (κ2) is 5.71. The van der Waals surface area contributed by atoms with Crippen LogP contribution in [0.15, 0.2) is 17.4 Å². The fourth-order valence-corrected chi connectivity index (χ4v) is 2.99. The van der Waals surface area contributed by atoms with E-state index in [2.05, 4.69) is 22.2 Å². The van der Waals surface area contributed by atoms with Crippen LogP contribution in [0.5, 0.6) is 0 Å². The Bertz CT molecular complexity index is 361. The summed E-state index contributed by atoms with van der Waals surface area (Å²) in [5.74, 6) is 0.962. The Balaban J connectivity index is 1.96. The highest BCUT2D eigenvalue weighted by Crippen LogP contribution is 2.40. The average molecular weight is 251 g/mol. The Hall–Kier alpha value is -0.770. The number of rotatable bonds is 5. The maximum atomic E-state index is 4.28. The fourth-order valence-electron chi connectivity index (χ4n) is 2.61. The third-order valence-electron chi connectivity index (χ3n) is 3.91. The largest absolute Gasteiger partial charge is 0.369 e. The molecule has 1 heterocycles. The van der Waals surface area contributed by atoms with Crippen molar-refractivity contribution in [1.29, 1.82) is 0 Å². The van der Waals surface area contributed by atoms with E-state index in [1.165, 1.54) is 32.1 Å². The molecule has 0 bridgehead atoms. The molecule has 0 aliphatic heterocycles. The molecule has 0 amide bonds. The lowest BCUT2D eigenvalue weighted by atomic mass is 9.83. The van der Waals surface area contributed by atoms with E-state index in [1.54, 1.807) is 18.1 Å². The molecule has 0 aromatic carbocycles. The molecule has 0 radical (unpaired) electrons. The first kappa shape index (κ1) is 12.7. The van der Waals surface area contributed by atoms with Crippen molar-refractivity contribution in [2.24, 2.45) is 5.41 Å². The number of nitrogens with zero attached hydrogens (tertiary/aromatic N) is 2. The van der Waals surface area contributed by atoms with Crippen LogP contribution >= 0.6 is 11.8 Å². The van der Waals surface area contributed by atoms with Gasteiger partial charge in [-0.05, 0) is 30.9 Å². The molecule has 1 aromatic heterocycles. The lowest BCUT2D eigenvalue weighted by Gasteiger charge is -2.27.